The fourth-order valence-corrected chi connectivity index (χ4v) is 4.57. The van der Waals surface area contributed by atoms with Gasteiger partial charge in [0.25, 0.3) is 0 Å². The van der Waals surface area contributed by atoms with Crippen LogP contribution in [0, 0.1) is 5.92 Å². The van der Waals surface area contributed by atoms with Gasteiger partial charge in [0.15, 0.2) is 5.65 Å². The molecule has 2 aromatic heterocycles. The van der Waals surface area contributed by atoms with Crippen LogP contribution in [0.25, 0.3) is 16.7 Å². The summed E-state index contributed by atoms with van der Waals surface area (Å²) < 4.78 is 1.96. The van der Waals surface area contributed by atoms with Crippen molar-refractivity contribution in [3.8, 4) is 5.69 Å². The second-order valence-corrected chi connectivity index (χ2v) is 9.26. The summed E-state index contributed by atoms with van der Waals surface area (Å²) in [4.78, 5) is 15.2. The zero-order valence-corrected chi connectivity index (χ0v) is 19.5. The fourth-order valence-electron chi connectivity index (χ4n) is 4.57. The van der Waals surface area contributed by atoms with E-state index in [4.69, 9.17) is 15.1 Å². The lowest BCUT2D eigenvalue weighted by Gasteiger charge is -2.25. The summed E-state index contributed by atoms with van der Waals surface area (Å²) in [7, 11) is 0. The molecule has 1 atom stereocenters. The molecule has 4 rings (SSSR count). The molecule has 3 heterocycles. The summed E-state index contributed by atoms with van der Waals surface area (Å²) in [5.74, 6) is 3.02. The molecule has 0 aliphatic carbocycles. The Hall–Kier alpha value is -2.47. The van der Waals surface area contributed by atoms with Crippen molar-refractivity contribution < 1.29 is 0 Å². The van der Waals surface area contributed by atoms with Crippen LogP contribution in [0.4, 0.5) is 5.82 Å². The van der Waals surface area contributed by atoms with Crippen molar-refractivity contribution in [2.45, 2.75) is 52.9 Å². The maximum atomic E-state index is 5.12. The van der Waals surface area contributed by atoms with E-state index in [1.54, 1.807) is 0 Å². The number of fused-ring (bicyclic) bond motifs is 1. The third-order valence-electron chi connectivity index (χ3n) is 6.10. The molecule has 1 aromatic carbocycles. The van der Waals surface area contributed by atoms with E-state index in [-0.39, 0.29) is 0 Å². The van der Waals surface area contributed by atoms with E-state index in [1.807, 2.05) is 29.1 Å². The number of benzene rings is 1. The molecule has 1 unspecified atom stereocenters. The smallest absolute Gasteiger partial charge is 0.168 e. The van der Waals surface area contributed by atoms with Crippen molar-refractivity contribution in [3.05, 3.63) is 42.4 Å². The Morgan fingerprint density at radius 1 is 0.968 bits per heavy atom. The number of aromatic nitrogens is 4. The first-order valence-corrected chi connectivity index (χ1v) is 11.8. The highest BCUT2D eigenvalue weighted by Crippen LogP contribution is 2.29. The first-order valence-electron chi connectivity index (χ1n) is 11.8. The van der Waals surface area contributed by atoms with Gasteiger partial charge in [0.1, 0.15) is 11.6 Å². The van der Waals surface area contributed by atoms with E-state index in [1.165, 1.54) is 0 Å². The third-order valence-corrected chi connectivity index (χ3v) is 6.10. The Morgan fingerprint density at radius 2 is 1.77 bits per heavy atom. The predicted octanol–water partition coefficient (Wildman–Crippen LogP) is 4.89. The van der Waals surface area contributed by atoms with E-state index < -0.39 is 0 Å². The minimum absolute atomic E-state index is 0.330. The number of hydrogen-bond donors (Lipinski definition) is 0. The van der Waals surface area contributed by atoms with Crippen molar-refractivity contribution in [2.24, 2.45) is 5.92 Å². The maximum Gasteiger partial charge on any atom is 0.168 e. The topological polar surface area (TPSA) is 50.1 Å². The monoisotopic (exact) mass is 420 g/mol. The molecular formula is C25H36N6. The van der Waals surface area contributed by atoms with Crippen LogP contribution in [0.2, 0.25) is 0 Å². The predicted molar refractivity (Wildman–Crippen MR) is 128 cm³/mol. The van der Waals surface area contributed by atoms with Crippen molar-refractivity contribution >= 4 is 16.9 Å². The fraction of sp³-hybridized carbons (Fsp3) is 0.560. The molecule has 0 amide bonds. The van der Waals surface area contributed by atoms with E-state index in [0.29, 0.717) is 11.8 Å². The second kappa shape index (κ2) is 9.77. The molecule has 1 fully saturated rings. The highest BCUT2D eigenvalue weighted by Gasteiger charge is 2.23. The molecule has 1 aliphatic rings. The lowest BCUT2D eigenvalue weighted by atomic mass is 10.1. The van der Waals surface area contributed by atoms with Crippen LogP contribution < -0.4 is 4.90 Å². The van der Waals surface area contributed by atoms with Gasteiger partial charge in [0.2, 0.25) is 0 Å². The first kappa shape index (κ1) is 21.8. The average molecular weight is 421 g/mol. The van der Waals surface area contributed by atoms with Gasteiger partial charge in [-0.2, -0.15) is 5.10 Å². The summed E-state index contributed by atoms with van der Waals surface area (Å²) in [6.45, 7) is 14.5. The van der Waals surface area contributed by atoms with Crippen molar-refractivity contribution in [1.29, 1.82) is 0 Å². The van der Waals surface area contributed by atoms with Crippen LogP contribution in [0.15, 0.2) is 36.5 Å². The van der Waals surface area contributed by atoms with Gasteiger partial charge >= 0.3 is 0 Å². The number of para-hydroxylation sites is 1. The summed E-state index contributed by atoms with van der Waals surface area (Å²) >= 11 is 0. The Bertz CT molecular complexity index is 980. The highest BCUT2D eigenvalue weighted by atomic mass is 15.3. The molecule has 6 heteroatoms. The zero-order chi connectivity index (χ0) is 21.8. The summed E-state index contributed by atoms with van der Waals surface area (Å²) in [5, 5.41) is 5.77. The molecule has 3 aromatic rings. The number of rotatable bonds is 7. The van der Waals surface area contributed by atoms with Gasteiger partial charge in [0, 0.05) is 32.1 Å². The van der Waals surface area contributed by atoms with E-state index in [0.717, 1.165) is 80.3 Å². The average Bonchev–Trinajstić information content (AvgIpc) is 3.06. The van der Waals surface area contributed by atoms with Crippen molar-refractivity contribution in [3.63, 3.8) is 0 Å². The number of nitrogens with zero attached hydrogens (tertiary/aromatic N) is 6. The quantitative estimate of drug-likeness (QED) is 0.545. The molecule has 166 valence electrons. The molecule has 1 aliphatic heterocycles. The Balaban J connectivity index is 1.74. The van der Waals surface area contributed by atoms with Crippen LogP contribution in [0.1, 0.15) is 58.7 Å². The van der Waals surface area contributed by atoms with Crippen LogP contribution >= 0.6 is 0 Å². The van der Waals surface area contributed by atoms with E-state index >= 15 is 0 Å². The lowest BCUT2D eigenvalue weighted by Crippen LogP contribution is -2.33. The Labute approximate surface area is 186 Å². The number of anilines is 1. The normalized spacial score (nSPS) is 16.7. The third kappa shape index (κ3) is 4.90. The molecule has 0 N–H and O–H groups in total. The van der Waals surface area contributed by atoms with Gasteiger partial charge in [-0.05, 0) is 37.4 Å². The van der Waals surface area contributed by atoms with Gasteiger partial charge in [-0.3, -0.25) is 0 Å². The largest absolute Gasteiger partial charge is 0.355 e. The van der Waals surface area contributed by atoms with E-state index in [2.05, 4.69) is 49.6 Å². The summed E-state index contributed by atoms with van der Waals surface area (Å²) in [6.07, 6.45) is 5.32. The zero-order valence-electron chi connectivity index (χ0n) is 19.5. The lowest BCUT2D eigenvalue weighted by molar-refractivity contribution is 0.261. The molecule has 1 saturated heterocycles. The summed E-state index contributed by atoms with van der Waals surface area (Å²) in [5.41, 5.74) is 1.95. The molecule has 0 bridgehead atoms. The van der Waals surface area contributed by atoms with Gasteiger partial charge < -0.3 is 9.80 Å². The first-order chi connectivity index (χ1) is 15.1. The van der Waals surface area contributed by atoms with Crippen molar-refractivity contribution in [2.75, 3.05) is 37.6 Å². The Kier molecular flexibility index (Phi) is 6.86. The van der Waals surface area contributed by atoms with Gasteiger partial charge in [0.05, 0.1) is 17.3 Å². The standard InChI is InChI=1S/C25H36N6/c1-5-10-20(4)23-27-24(30-14-9-13-29(15-16-30)18-19(2)3)22-17-26-31(25(22)28-23)21-11-7-6-8-12-21/h6-8,11-12,17,19-20H,5,9-10,13-16,18H2,1-4H3. The second-order valence-electron chi connectivity index (χ2n) is 9.26. The maximum absolute atomic E-state index is 5.12. The molecule has 6 nitrogen and oxygen atoms in total. The number of hydrogen-bond acceptors (Lipinski definition) is 5. The minimum atomic E-state index is 0.330. The van der Waals surface area contributed by atoms with Gasteiger partial charge in [-0.25, -0.2) is 14.6 Å². The van der Waals surface area contributed by atoms with Crippen LogP contribution in [0.3, 0.4) is 0 Å². The molecule has 0 radical (unpaired) electrons. The molecular weight excluding hydrogens is 384 g/mol. The summed E-state index contributed by atoms with van der Waals surface area (Å²) in [6, 6.07) is 10.3. The van der Waals surface area contributed by atoms with Crippen molar-refractivity contribution in [1.82, 2.24) is 24.6 Å². The minimum Gasteiger partial charge on any atom is -0.355 e. The molecule has 0 saturated carbocycles. The van der Waals surface area contributed by atoms with Crippen LogP contribution in [-0.2, 0) is 0 Å². The highest BCUT2D eigenvalue weighted by molar-refractivity contribution is 5.88. The van der Waals surface area contributed by atoms with Gasteiger partial charge in [-0.1, -0.05) is 52.3 Å². The Morgan fingerprint density at radius 3 is 2.52 bits per heavy atom. The molecule has 31 heavy (non-hydrogen) atoms. The van der Waals surface area contributed by atoms with Crippen LogP contribution in [0.5, 0.6) is 0 Å². The van der Waals surface area contributed by atoms with E-state index in [9.17, 15) is 0 Å². The van der Waals surface area contributed by atoms with Gasteiger partial charge in [-0.15, -0.1) is 0 Å². The molecule has 0 spiro atoms. The SMILES string of the molecule is CCCC(C)c1nc(N2CCCN(CC(C)C)CC2)c2cnn(-c3ccccc3)c2n1. The van der Waals surface area contributed by atoms with Crippen LogP contribution in [-0.4, -0.2) is 57.4 Å².